The van der Waals surface area contributed by atoms with Crippen LogP contribution < -0.4 is 11.1 Å². The summed E-state index contributed by atoms with van der Waals surface area (Å²) >= 11 is 0. The number of aliphatic imine (C=N–C) groups is 1. The minimum atomic E-state index is -0.416. The number of guanidine groups is 1. The minimum absolute atomic E-state index is 0.0646. The lowest BCUT2D eigenvalue weighted by molar-refractivity contribution is -0.384. The third kappa shape index (κ3) is 6.21. The van der Waals surface area contributed by atoms with Crippen LogP contribution in [-0.4, -0.2) is 55.2 Å². The number of morpholine rings is 1. The smallest absolute Gasteiger partial charge is 0.269 e. The second-order valence-electron chi connectivity index (χ2n) is 5.36. The zero-order chi connectivity index (χ0) is 16.5. The van der Waals surface area contributed by atoms with Crippen molar-refractivity contribution in [1.82, 2.24) is 10.2 Å². The molecular formula is C15H23N5O3. The van der Waals surface area contributed by atoms with Crippen LogP contribution in [0.15, 0.2) is 29.3 Å². The summed E-state index contributed by atoms with van der Waals surface area (Å²) in [4.78, 5) is 16.9. The van der Waals surface area contributed by atoms with Crippen molar-refractivity contribution in [2.24, 2.45) is 10.7 Å². The standard InChI is InChI=1S/C15H23N5O3/c16-15(17-5-2-6-19-7-9-23-10-8-19)18-12-13-3-1-4-14(11-13)20(21)22/h1,3-4,11H,2,5-10,12H2,(H3,16,17,18). The average Bonchev–Trinajstić information content (AvgIpc) is 2.58. The van der Waals surface area contributed by atoms with Gasteiger partial charge in [0.1, 0.15) is 0 Å². The Morgan fingerprint density at radius 2 is 2.22 bits per heavy atom. The van der Waals surface area contributed by atoms with E-state index in [2.05, 4.69) is 15.2 Å². The Kier molecular flexibility index (Phi) is 6.76. The summed E-state index contributed by atoms with van der Waals surface area (Å²) in [5.74, 6) is 0.360. The number of benzene rings is 1. The van der Waals surface area contributed by atoms with Gasteiger partial charge in [0.25, 0.3) is 5.69 Å². The Balaban J connectivity index is 1.68. The molecule has 0 saturated carbocycles. The van der Waals surface area contributed by atoms with Crippen LogP contribution in [0.5, 0.6) is 0 Å². The first-order valence-electron chi connectivity index (χ1n) is 7.72. The fourth-order valence-electron chi connectivity index (χ4n) is 2.34. The van der Waals surface area contributed by atoms with Gasteiger partial charge in [-0.05, 0) is 18.5 Å². The van der Waals surface area contributed by atoms with Crippen molar-refractivity contribution in [2.45, 2.75) is 13.0 Å². The molecule has 1 heterocycles. The molecule has 0 radical (unpaired) electrons. The van der Waals surface area contributed by atoms with Crippen molar-refractivity contribution in [2.75, 3.05) is 39.4 Å². The summed E-state index contributed by atoms with van der Waals surface area (Å²) in [7, 11) is 0. The molecule has 1 aromatic carbocycles. The Labute approximate surface area is 135 Å². The van der Waals surface area contributed by atoms with Gasteiger partial charge in [0, 0.05) is 31.8 Å². The molecular weight excluding hydrogens is 298 g/mol. The van der Waals surface area contributed by atoms with E-state index in [0.717, 1.165) is 51.4 Å². The number of nitrogens with zero attached hydrogens (tertiary/aromatic N) is 3. The molecule has 1 aromatic rings. The van der Waals surface area contributed by atoms with Crippen molar-refractivity contribution in [3.63, 3.8) is 0 Å². The highest BCUT2D eigenvalue weighted by atomic mass is 16.6. The monoisotopic (exact) mass is 321 g/mol. The van der Waals surface area contributed by atoms with Gasteiger partial charge in [0.2, 0.25) is 0 Å². The van der Waals surface area contributed by atoms with Gasteiger partial charge >= 0.3 is 0 Å². The average molecular weight is 321 g/mol. The highest BCUT2D eigenvalue weighted by molar-refractivity contribution is 5.77. The normalized spacial score (nSPS) is 16.3. The second kappa shape index (κ2) is 9.06. The molecule has 0 spiro atoms. The molecule has 8 nitrogen and oxygen atoms in total. The third-order valence-electron chi connectivity index (χ3n) is 3.61. The van der Waals surface area contributed by atoms with Crippen LogP contribution >= 0.6 is 0 Å². The molecule has 0 aliphatic carbocycles. The molecule has 0 atom stereocenters. The maximum atomic E-state index is 10.7. The zero-order valence-corrected chi connectivity index (χ0v) is 13.1. The van der Waals surface area contributed by atoms with Crippen molar-refractivity contribution in [3.8, 4) is 0 Å². The third-order valence-corrected chi connectivity index (χ3v) is 3.61. The molecule has 0 amide bonds. The van der Waals surface area contributed by atoms with Gasteiger partial charge in [-0.1, -0.05) is 12.1 Å². The summed E-state index contributed by atoms with van der Waals surface area (Å²) in [5, 5.41) is 13.8. The van der Waals surface area contributed by atoms with E-state index in [9.17, 15) is 10.1 Å². The SMILES string of the molecule is NC(=NCc1cccc([N+](=O)[O-])c1)NCCCN1CCOCC1. The van der Waals surface area contributed by atoms with Crippen LogP contribution in [0.3, 0.4) is 0 Å². The van der Waals surface area contributed by atoms with E-state index in [0.29, 0.717) is 12.5 Å². The van der Waals surface area contributed by atoms with E-state index >= 15 is 0 Å². The second-order valence-corrected chi connectivity index (χ2v) is 5.36. The summed E-state index contributed by atoms with van der Waals surface area (Å²) < 4.78 is 5.30. The highest BCUT2D eigenvalue weighted by Crippen LogP contribution is 2.13. The number of hydrogen-bond donors (Lipinski definition) is 2. The van der Waals surface area contributed by atoms with Crippen molar-refractivity contribution in [3.05, 3.63) is 39.9 Å². The van der Waals surface area contributed by atoms with E-state index in [1.807, 2.05) is 0 Å². The van der Waals surface area contributed by atoms with Crippen molar-refractivity contribution < 1.29 is 9.66 Å². The van der Waals surface area contributed by atoms with Gasteiger partial charge in [-0.2, -0.15) is 0 Å². The molecule has 126 valence electrons. The van der Waals surface area contributed by atoms with Crippen molar-refractivity contribution >= 4 is 11.6 Å². The van der Waals surface area contributed by atoms with E-state index in [1.165, 1.54) is 12.1 Å². The van der Waals surface area contributed by atoms with Crippen LogP contribution in [0, 0.1) is 10.1 Å². The van der Waals surface area contributed by atoms with E-state index in [-0.39, 0.29) is 5.69 Å². The summed E-state index contributed by atoms with van der Waals surface area (Å²) in [5.41, 5.74) is 6.64. The largest absolute Gasteiger partial charge is 0.379 e. The quantitative estimate of drug-likeness (QED) is 0.252. The topological polar surface area (TPSA) is 106 Å². The number of nitro groups is 1. The van der Waals surface area contributed by atoms with Gasteiger partial charge in [-0.25, -0.2) is 4.99 Å². The molecule has 0 unspecified atom stereocenters. The van der Waals surface area contributed by atoms with Gasteiger partial charge in [0.15, 0.2) is 5.96 Å². The summed E-state index contributed by atoms with van der Waals surface area (Å²) in [6.07, 6.45) is 0.979. The molecule has 1 aliphatic rings. The lowest BCUT2D eigenvalue weighted by Crippen LogP contribution is -2.39. The van der Waals surface area contributed by atoms with Crippen molar-refractivity contribution in [1.29, 1.82) is 0 Å². The molecule has 0 bridgehead atoms. The van der Waals surface area contributed by atoms with Gasteiger partial charge < -0.3 is 15.8 Å². The predicted octanol–water partition coefficient (Wildman–Crippen LogP) is 0.721. The lowest BCUT2D eigenvalue weighted by Gasteiger charge is -2.26. The molecule has 1 aliphatic heterocycles. The molecule has 0 aromatic heterocycles. The maximum Gasteiger partial charge on any atom is 0.269 e. The number of nitrogens with two attached hydrogens (primary N) is 1. The first-order valence-corrected chi connectivity index (χ1v) is 7.72. The number of non-ortho nitro benzene ring substituents is 1. The Hall–Kier alpha value is -2.19. The molecule has 23 heavy (non-hydrogen) atoms. The maximum absolute atomic E-state index is 10.7. The lowest BCUT2D eigenvalue weighted by atomic mass is 10.2. The van der Waals surface area contributed by atoms with Crippen LogP contribution in [0.2, 0.25) is 0 Å². The Morgan fingerprint density at radius 3 is 2.96 bits per heavy atom. The van der Waals surface area contributed by atoms with Gasteiger partial charge in [-0.15, -0.1) is 0 Å². The molecule has 8 heteroatoms. The number of rotatable bonds is 7. The molecule has 2 rings (SSSR count). The van der Waals surface area contributed by atoms with Crippen LogP contribution in [-0.2, 0) is 11.3 Å². The Morgan fingerprint density at radius 1 is 1.43 bits per heavy atom. The highest BCUT2D eigenvalue weighted by Gasteiger charge is 2.09. The fraction of sp³-hybridized carbons (Fsp3) is 0.533. The minimum Gasteiger partial charge on any atom is -0.379 e. The van der Waals surface area contributed by atoms with E-state index in [4.69, 9.17) is 10.5 Å². The van der Waals surface area contributed by atoms with E-state index in [1.54, 1.807) is 12.1 Å². The fourth-order valence-corrected chi connectivity index (χ4v) is 2.34. The van der Waals surface area contributed by atoms with E-state index < -0.39 is 4.92 Å². The number of hydrogen-bond acceptors (Lipinski definition) is 5. The molecule has 1 saturated heterocycles. The zero-order valence-electron chi connectivity index (χ0n) is 13.1. The first-order chi connectivity index (χ1) is 11.1. The van der Waals surface area contributed by atoms with Crippen LogP contribution in [0.25, 0.3) is 0 Å². The predicted molar refractivity (Wildman–Crippen MR) is 88.3 cm³/mol. The number of nitrogens with one attached hydrogen (secondary N) is 1. The van der Waals surface area contributed by atoms with Gasteiger partial charge in [0.05, 0.1) is 24.7 Å². The number of nitro benzene ring substituents is 1. The summed E-state index contributed by atoms with van der Waals surface area (Å²) in [6, 6.07) is 6.41. The Bertz CT molecular complexity index is 544. The first kappa shape index (κ1) is 17.2. The number of ether oxygens (including phenoxy) is 1. The molecule has 3 N–H and O–H groups in total. The van der Waals surface area contributed by atoms with Crippen LogP contribution in [0.1, 0.15) is 12.0 Å². The molecule has 1 fully saturated rings. The van der Waals surface area contributed by atoms with Gasteiger partial charge in [-0.3, -0.25) is 15.0 Å². The summed E-state index contributed by atoms with van der Waals surface area (Å²) in [6.45, 7) is 5.66. The van der Waals surface area contributed by atoms with Crippen LogP contribution in [0.4, 0.5) is 5.69 Å².